The minimum atomic E-state index is -0.0407. The van der Waals surface area contributed by atoms with Crippen molar-refractivity contribution in [1.82, 2.24) is 25.2 Å². The van der Waals surface area contributed by atoms with Gasteiger partial charge in [0.25, 0.3) is 5.91 Å². The van der Waals surface area contributed by atoms with Crippen molar-refractivity contribution in [1.29, 1.82) is 0 Å². The molecule has 7 nitrogen and oxygen atoms in total. The Hall–Kier alpha value is -2.93. The van der Waals surface area contributed by atoms with E-state index in [0.29, 0.717) is 16.7 Å². The highest BCUT2D eigenvalue weighted by Gasteiger charge is 2.20. The largest absolute Gasteiger partial charge is 0.369 e. The quantitative estimate of drug-likeness (QED) is 0.641. The molecule has 168 valence electrons. The first-order chi connectivity index (χ1) is 15.7. The summed E-state index contributed by atoms with van der Waals surface area (Å²) >= 11 is 0. The average Bonchev–Trinajstić information content (AvgIpc) is 3.29. The van der Waals surface area contributed by atoms with E-state index in [1.165, 1.54) is 24.9 Å². The van der Waals surface area contributed by atoms with Gasteiger partial charge in [0.05, 0.1) is 11.1 Å². The number of H-pyrrole nitrogens is 1. The second-order valence-electron chi connectivity index (χ2n) is 8.92. The fourth-order valence-corrected chi connectivity index (χ4v) is 4.90. The Labute approximate surface area is 189 Å². The summed E-state index contributed by atoms with van der Waals surface area (Å²) in [7, 11) is 0. The molecule has 2 aromatic heterocycles. The molecule has 1 aliphatic heterocycles. The van der Waals surface area contributed by atoms with Crippen LogP contribution < -0.4 is 10.2 Å². The highest BCUT2D eigenvalue weighted by atomic mass is 16.1. The van der Waals surface area contributed by atoms with E-state index < -0.39 is 0 Å². The molecule has 3 aromatic rings. The lowest BCUT2D eigenvalue weighted by Gasteiger charge is -2.35. The van der Waals surface area contributed by atoms with Crippen LogP contribution in [-0.4, -0.2) is 64.5 Å². The van der Waals surface area contributed by atoms with Crippen LogP contribution in [0.4, 0.5) is 5.69 Å². The van der Waals surface area contributed by atoms with Crippen LogP contribution >= 0.6 is 0 Å². The lowest BCUT2D eigenvalue weighted by molar-refractivity contribution is 0.0929. The van der Waals surface area contributed by atoms with E-state index in [1.54, 1.807) is 12.3 Å². The van der Waals surface area contributed by atoms with Crippen molar-refractivity contribution in [2.45, 2.75) is 45.1 Å². The highest BCUT2D eigenvalue weighted by Crippen LogP contribution is 2.25. The molecule has 1 saturated heterocycles. The number of rotatable bonds is 5. The number of imidazole rings is 1. The number of carbonyl (C=O) groups excluding carboxylic acids is 1. The van der Waals surface area contributed by atoms with Crippen molar-refractivity contribution in [3.05, 3.63) is 42.1 Å². The molecule has 0 radical (unpaired) electrons. The Kier molecular flexibility index (Phi) is 6.08. The first kappa shape index (κ1) is 20.9. The number of piperazine rings is 1. The molecule has 2 aliphatic rings. The van der Waals surface area contributed by atoms with Crippen LogP contribution in [0.15, 0.2) is 36.5 Å². The normalized spacial score (nSPS) is 18.2. The highest BCUT2D eigenvalue weighted by molar-refractivity contribution is 6.04. The second kappa shape index (κ2) is 9.28. The smallest absolute Gasteiger partial charge is 0.253 e. The Bertz CT molecular complexity index is 1060. The Morgan fingerprint density at radius 1 is 1.06 bits per heavy atom. The zero-order valence-corrected chi connectivity index (χ0v) is 18.8. The number of aromatic amines is 1. The molecule has 1 saturated carbocycles. The number of carbonyl (C=O) groups is 1. The Morgan fingerprint density at radius 2 is 1.81 bits per heavy atom. The maximum absolute atomic E-state index is 12.9. The van der Waals surface area contributed by atoms with Gasteiger partial charge in [-0.2, -0.15) is 0 Å². The summed E-state index contributed by atoms with van der Waals surface area (Å²) in [5.41, 5.74) is 4.14. The van der Waals surface area contributed by atoms with E-state index in [1.807, 2.05) is 0 Å². The predicted molar refractivity (Wildman–Crippen MR) is 128 cm³/mol. The van der Waals surface area contributed by atoms with E-state index in [-0.39, 0.29) is 11.9 Å². The first-order valence-corrected chi connectivity index (χ1v) is 11.9. The fourth-order valence-electron chi connectivity index (χ4n) is 4.90. The second-order valence-corrected chi connectivity index (χ2v) is 8.92. The molecule has 1 aliphatic carbocycles. The van der Waals surface area contributed by atoms with Crippen LogP contribution in [0.2, 0.25) is 0 Å². The van der Waals surface area contributed by atoms with Gasteiger partial charge in [0, 0.05) is 49.7 Å². The third-order valence-electron chi connectivity index (χ3n) is 6.90. The van der Waals surface area contributed by atoms with Crippen molar-refractivity contribution in [3.63, 3.8) is 0 Å². The molecule has 2 N–H and O–H groups in total. The Morgan fingerprint density at radius 3 is 2.53 bits per heavy atom. The molecule has 3 heterocycles. The number of anilines is 1. The summed E-state index contributed by atoms with van der Waals surface area (Å²) in [6.07, 6.45) is 7.44. The SMILES string of the molecule is CCN1CCN(c2ccc(-c3nc4nccc(C(=O)NC5CCCCC5)c4[nH]3)cc2)CC1. The van der Waals surface area contributed by atoms with Gasteiger partial charge in [-0.05, 0) is 49.7 Å². The number of benzene rings is 1. The number of nitrogens with one attached hydrogen (secondary N) is 2. The molecule has 0 spiro atoms. The molecule has 1 amide bonds. The molecule has 0 unspecified atom stereocenters. The third kappa shape index (κ3) is 4.35. The zero-order valence-electron chi connectivity index (χ0n) is 18.8. The number of pyridine rings is 1. The summed E-state index contributed by atoms with van der Waals surface area (Å²) in [4.78, 5) is 30.3. The van der Waals surface area contributed by atoms with Gasteiger partial charge in [0.2, 0.25) is 0 Å². The average molecular weight is 433 g/mol. The summed E-state index contributed by atoms with van der Waals surface area (Å²) in [6.45, 7) is 7.67. The standard InChI is InChI=1S/C25H32N6O/c1-2-30-14-16-31(17-15-30)20-10-8-18(9-11-20)23-28-22-21(12-13-26-24(22)29-23)25(32)27-19-6-4-3-5-7-19/h8-13,19H,2-7,14-17H2,1H3,(H,27,32)(H,26,28,29). The summed E-state index contributed by atoms with van der Waals surface area (Å²) in [5.74, 6) is 0.703. The van der Waals surface area contributed by atoms with Crippen LogP contribution in [0.5, 0.6) is 0 Å². The van der Waals surface area contributed by atoms with Gasteiger partial charge in [-0.15, -0.1) is 0 Å². The van der Waals surface area contributed by atoms with Crippen molar-refractivity contribution < 1.29 is 4.79 Å². The van der Waals surface area contributed by atoms with Gasteiger partial charge in [0.15, 0.2) is 5.65 Å². The summed E-state index contributed by atoms with van der Waals surface area (Å²) in [5, 5.41) is 3.20. The van der Waals surface area contributed by atoms with Gasteiger partial charge in [-0.3, -0.25) is 4.79 Å². The zero-order chi connectivity index (χ0) is 21.9. The lowest BCUT2D eigenvalue weighted by Crippen LogP contribution is -2.46. The van der Waals surface area contributed by atoms with Gasteiger partial charge in [-0.1, -0.05) is 26.2 Å². The van der Waals surface area contributed by atoms with Crippen LogP contribution in [0, 0.1) is 0 Å². The van der Waals surface area contributed by atoms with Crippen molar-refractivity contribution in [2.24, 2.45) is 0 Å². The van der Waals surface area contributed by atoms with Crippen molar-refractivity contribution in [2.75, 3.05) is 37.6 Å². The number of hydrogen-bond donors (Lipinski definition) is 2. The maximum Gasteiger partial charge on any atom is 0.253 e. The van der Waals surface area contributed by atoms with E-state index in [0.717, 1.165) is 57.0 Å². The number of hydrogen-bond acceptors (Lipinski definition) is 5. The molecule has 5 rings (SSSR count). The molecule has 1 aromatic carbocycles. The topological polar surface area (TPSA) is 77.2 Å². The molecule has 7 heteroatoms. The van der Waals surface area contributed by atoms with Gasteiger partial charge < -0.3 is 20.1 Å². The van der Waals surface area contributed by atoms with Gasteiger partial charge in [-0.25, -0.2) is 9.97 Å². The van der Waals surface area contributed by atoms with E-state index in [2.05, 4.69) is 61.3 Å². The summed E-state index contributed by atoms with van der Waals surface area (Å²) in [6, 6.07) is 10.6. The van der Waals surface area contributed by atoms with E-state index in [4.69, 9.17) is 0 Å². The maximum atomic E-state index is 12.9. The fraction of sp³-hybridized carbons (Fsp3) is 0.480. The van der Waals surface area contributed by atoms with Crippen LogP contribution in [0.25, 0.3) is 22.6 Å². The van der Waals surface area contributed by atoms with Crippen LogP contribution in [0.1, 0.15) is 49.4 Å². The third-order valence-corrected chi connectivity index (χ3v) is 6.90. The van der Waals surface area contributed by atoms with Gasteiger partial charge >= 0.3 is 0 Å². The molecular formula is C25H32N6O. The van der Waals surface area contributed by atoms with Crippen LogP contribution in [-0.2, 0) is 0 Å². The molecule has 2 fully saturated rings. The molecule has 0 atom stereocenters. The minimum absolute atomic E-state index is 0.0407. The summed E-state index contributed by atoms with van der Waals surface area (Å²) < 4.78 is 0. The molecule has 0 bridgehead atoms. The monoisotopic (exact) mass is 432 g/mol. The number of likely N-dealkylation sites (N-methyl/N-ethyl adjacent to an activating group) is 1. The minimum Gasteiger partial charge on any atom is -0.369 e. The van der Waals surface area contributed by atoms with Crippen molar-refractivity contribution >= 4 is 22.8 Å². The number of nitrogens with zero attached hydrogens (tertiary/aromatic N) is 4. The van der Waals surface area contributed by atoms with E-state index >= 15 is 0 Å². The van der Waals surface area contributed by atoms with E-state index in [9.17, 15) is 4.79 Å². The van der Waals surface area contributed by atoms with Gasteiger partial charge in [0.1, 0.15) is 5.82 Å². The predicted octanol–water partition coefficient (Wildman–Crippen LogP) is 3.83. The number of amides is 1. The van der Waals surface area contributed by atoms with Crippen molar-refractivity contribution in [3.8, 4) is 11.4 Å². The number of fused-ring (bicyclic) bond motifs is 1. The molecular weight excluding hydrogens is 400 g/mol. The Balaban J connectivity index is 1.33. The first-order valence-electron chi connectivity index (χ1n) is 11.9. The lowest BCUT2D eigenvalue weighted by atomic mass is 9.95. The van der Waals surface area contributed by atoms with Crippen LogP contribution in [0.3, 0.4) is 0 Å². The number of aromatic nitrogens is 3. The molecule has 32 heavy (non-hydrogen) atoms.